The molecule has 2 aromatic carbocycles. The molecule has 0 radical (unpaired) electrons. The van der Waals surface area contributed by atoms with Crippen molar-refractivity contribution < 1.29 is 4.79 Å². The van der Waals surface area contributed by atoms with Crippen LogP contribution in [0.2, 0.25) is 0 Å². The van der Waals surface area contributed by atoms with E-state index in [2.05, 4.69) is 48.7 Å². The Balaban J connectivity index is 2.06. The lowest BCUT2D eigenvalue weighted by atomic mass is 9.99. The third-order valence-electron chi connectivity index (χ3n) is 4.12. The Morgan fingerprint density at radius 3 is 1.78 bits per heavy atom. The standard InChI is InChI=1S/C20H26N2O/c1-15(2)16(3)22-19(23)14-21-20(17-10-6-4-7-11-17)18-12-8-5-9-13-18/h4-13,15-16,20-21H,14H2,1-3H3,(H,22,23). The van der Waals surface area contributed by atoms with Crippen molar-refractivity contribution in [1.82, 2.24) is 10.6 Å². The van der Waals surface area contributed by atoms with Crippen molar-refractivity contribution in [1.29, 1.82) is 0 Å². The van der Waals surface area contributed by atoms with Crippen LogP contribution in [0.3, 0.4) is 0 Å². The Hall–Kier alpha value is -2.13. The highest BCUT2D eigenvalue weighted by atomic mass is 16.1. The van der Waals surface area contributed by atoms with E-state index in [1.54, 1.807) is 0 Å². The lowest BCUT2D eigenvalue weighted by Gasteiger charge is -2.22. The molecule has 23 heavy (non-hydrogen) atoms. The van der Waals surface area contributed by atoms with E-state index in [-0.39, 0.29) is 18.0 Å². The number of carbonyl (C=O) groups excluding carboxylic acids is 1. The lowest BCUT2D eigenvalue weighted by molar-refractivity contribution is -0.121. The van der Waals surface area contributed by atoms with E-state index in [0.29, 0.717) is 12.5 Å². The van der Waals surface area contributed by atoms with E-state index in [9.17, 15) is 4.79 Å². The minimum atomic E-state index is 0.0116. The first-order chi connectivity index (χ1) is 11.1. The maximum atomic E-state index is 12.2. The van der Waals surface area contributed by atoms with Gasteiger partial charge in [0.1, 0.15) is 0 Å². The Morgan fingerprint density at radius 1 is 0.870 bits per heavy atom. The second-order valence-electron chi connectivity index (χ2n) is 6.24. The van der Waals surface area contributed by atoms with Crippen LogP contribution in [0.15, 0.2) is 60.7 Å². The Kier molecular flexibility index (Phi) is 6.36. The minimum Gasteiger partial charge on any atom is -0.352 e. The van der Waals surface area contributed by atoms with Crippen LogP contribution in [-0.4, -0.2) is 18.5 Å². The molecule has 2 N–H and O–H groups in total. The number of rotatable bonds is 7. The molecular weight excluding hydrogens is 284 g/mol. The molecule has 0 saturated heterocycles. The number of carbonyl (C=O) groups is 1. The Labute approximate surface area is 139 Å². The van der Waals surface area contributed by atoms with Gasteiger partial charge in [0.2, 0.25) is 5.91 Å². The van der Waals surface area contributed by atoms with E-state index in [1.165, 1.54) is 0 Å². The zero-order valence-corrected chi connectivity index (χ0v) is 14.1. The molecule has 0 aliphatic rings. The molecule has 0 aromatic heterocycles. The summed E-state index contributed by atoms with van der Waals surface area (Å²) < 4.78 is 0. The molecule has 122 valence electrons. The van der Waals surface area contributed by atoms with Crippen LogP contribution in [-0.2, 0) is 4.79 Å². The second kappa shape index (κ2) is 8.49. The SMILES string of the molecule is CC(C)C(C)NC(=O)CNC(c1ccccc1)c1ccccc1. The van der Waals surface area contributed by atoms with Gasteiger partial charge in [0, 0.05) is 6.04 Å². The van der Waals surface area contributed by atoms with Crippen molar-refractivity contribution in [3.05, 3.63) is 71.8 Å². The number of amides is 1. The predicted octanol–water partition coefficient (Wildman–Crippen LogP) is 3.53. The number of nitrogens with one attached hydrogen (secondary N) is 2. The van der Waals surface area contributed by atoms with E-state index in [1.807, 2.05) is 43.3 Å². The van der Waals surface area contributed by atoms with E-state index < -0.39 is 0 Å². The zero-order valence-electron chi connectivity index (χ0n) is 14.1. The quantitative estimate of drug-likeness (QED) is 0.821. The summed E-state index contributed by atoms with van der Waals surface area (Å²) in [4.78, 5) is 12.2. The number of benzene rings is 2. The molecule has 0 saturated carbocycles. The Bertz CT molecular complexity index is 556. The maximum Gasteiger partial charge on any atom is 0.234 e. The van der Waals surface area contributed by atoms with Crippen molar-refractivity contribution >= 4 is 5.91 Å². The first-order valence-corrected chi connectivity index (χ1v) is 8.20. The zero-order chi connectivity index (χ0) is 16.7. The van der Waals surface area contributed by atoms with Crippen molar-refractivity contribution in [2.24, 2.45) is 5.92 Å². The molecule has 0 aliphatic carbocycles. The highest BCUT2D eigenvalue weighted by Crippen LogP contribution is 2.21. The molecule has 0 fully saturated rings. The molecule has 1 atom stereocenters. The minimum absolute atomic E-state index is 0.0116. The summed E-state index contributed by atoms with van der Waals surface area (Å²) in [6, 6.07) is 20.6. The molecule has 0 aliphatic heterocycles. The Morgan fingerprint density at radius 2 is 1.35 bits per heavy atom. The van der Waals surface area contributed by atoms with Crippen LogP contribution in [0.5, 0.6) is 0 Å². The molecule has 1 amide bonds. The van der Waals surface area contributed by atoms with Crippen LogP contribution < -0.4 is 10.6 Å². The van der Waals surface area contributed by atoms with E-state index in [0.717, 1.165) is 11.1 Å². The average Bonchev–Trinajstić information content (AvgIpc) is 2.57. The van der Waals surface area contributed by atoms with Gasteiger partial charge < -0.3 is 5.32 Å². The van der Waals surface area contributed by atoms with Gasteiger partial charge in [0.15, 0.2) is 0 Å². The molecular formula is C20H26N2O. The fraction of sp³-hybridized carbons (Fsp3) is 0.350. The average molecular weight is 310 g/mol. The van der Waals surface area contributed by atoms with Gasteiger partial charge in [-0.05, 0) is 24.0 Å². The molecule has 2 rings (SSSR count). The predicted molar refractivity (Wildman–Crippen MR) is 95.2 cm³/mol. The number of hydrogen-bond acceptors (Lipinski definition) is 2. The number of hydrogen-bond donors (Lipinski definition) is 2. The summed E-state index contributed by atoms with van der Waals surface area (Å²) in [5, 5.41) is 6.42. The molecule has 2 aromatic rings. The van der Waals surface area contributed by atoms with Crippen LogP contribution in [0.4, 0.5) is 0 Å². The first-order valence-electron chi connectivity index (χ1n) is 8.20. The summed E-state index contributed by atoms with van der Waals surface area (Å²) in [5.41, 5.74) is 2.31. The van der Waals surface area contributed by atoms with E-state index >= 15 is 0 Å². The highest BCUT2D eigenvalue weighted by molar-refractivity contribution is 5.78. The van der Waals surface area contributed by atoms with Gasteiger partial charge in [-0.15, -0.1) is 0 Å². The molecule has 0 bridgehead atoms. The highest BCUT2D eigenvalue weighted by Gasteiger charge is 2.16. The summed E-state index contributed by atoms with van der Waals surface area (Å²) >= 11 is 0. The largest absolute Gasteiger partial charge is 0.352 e. The van der Waals surface area contributed by atoms with Crippen molar-refractivity contribution in [2.75, 3.05) is 6.54 Å². The third kappa shape index (κ3) is 5.22. The fourth-order valence-corrected chi connectivity index (χ4v) is 2.39. The van der Waals surface area contributed by atoms with Crippen molar-refractivity contribution in [3.63, 3.8) is 0 Å². The second-order valence-corrected chi connectivity index (χ2v) is 6.24. The molecule has 1 unspecified atom stereocenters. The van der Waals surface area contributed by atoms with Crippen molar-refractivity contribution in [3.8, 4) is 0 Å². The van der Waals surface area contributed by atoms with Crippen LogP contribution in [0.25, 0.3) is 0 Å². The monoisotopic (exact) mass is 310 g/mol. The van der Waals surface area contributed by atoms with Gasteiger partial charge in [0.25, 0.3) is 0 Å². The third-order valence-corrected chi connectivity index (χ3v) is 4.12. The van der Waals surface area contributed by atoms with Gasteiger partial charge in [-0.3, -0.25) is 10.1 Å². The van der Waals surface area contributed by atoms with E-state index in [4.69, 9.17) is 0 Å². The normalized spacial score (nSPS) is 12.4. The molecule has 3 heteroatoms. The van der Waals surface area contributed by atoms with Crippen LogP contribution >= 0.6 is 0 Å². The molecule has 3 nitrogen and oxygen atoms in total. The smallest absolute Gasteiger partial charge is 0.234 e. The van der Waals surface area contributed by atoms with Gasteiger partial charge in [-0.2, -0.15) is 0 Å². The summed E-state index contributed by atoms with van der Waals surface area (Å²) in [5.74, 6) is 0.459. The van der Waals surface area contributed by atoms with Crippen LogP contribution in [0.1, 0.15) is 37.9 Å². The summed E-state index contributed by atoms with van der Waals surface area (Å²) in [6.45, 7) is 6.55. The van der Waals surface area contributed by atoms with Gasteiger partial charge >= 0.3 is 0 Å². The first kappa shape index (κ1) is 17.2. The van der Waals surface area contributed by atoms with Gasteiger partial charge in [-0.1, -0.05) is 74.5 Å². The van der Waals surface area contributed by atoms with Gasteiger partial charge in [0.05, 0.1) is 12.6 Å². The summed E-state index contributed by atoms with van der Waals surface area (Å²) in [7, 11) is 0. The topological polar surface area (TPSA) is 41.1 Å². The van der Waals surface area contributed by atoms with Crippen LogP contribution in [0, 0.1) is 5.92 Å². The van der Waals surface area contributed by atoms with Gasteiger partial charge in [-0.25, -0.2) is 0 Å². The fourth-order valence-electron chi connectivity index (χ4n) is 2.39. The maximum absolute atomic E-state index is 12.2. The van der Waals surface area contributed by atoms with Crippen molar-refractivity contribution in [2.45, 2.75) is 32.9 Å². The summed E-state index contributed by atoms with van der Waals surface area (Å²) in [6.07, 6.45) is 0. The molecule has 0 spiro atoms. The molecule has 0 heterocycles. The lowest BCUT2D eigenvalue weighted by Crippen LogP contribution is -2.42.